The minimum Gasteiger partial charge on any atom is -0.548 e. The molecule has 0 radical (unpaired) electrons. The molecule has 6 nitrogen and oxygen atoms in total. The number of carboxylic acid groups (broad SMARTS) is 1. The SMILES string of the molecule is CCC(NC(=O)c1ccccc1NC(=O)c1ccccc1)C(=O)[O-]. The topological polar surface area (TPSA) is 98.3 Å². The number of rotatable bonds is 6. The summed E-state index contributed by atoms with van der Waals surface area (Å²) in [5, 5.41) is 16.0. The van der Waals surface area contributed by atoms with Gasteiger partial charge in [-0.05, 0) is 30.7 Å². The molecule has 0 aliphatic carbocycles. The van der Waals surface area contributed by atoms with Crippen molar-refractivity contribution in [1.82, 2.24) is 5.32 Å². The van der Waals surface area contributed by atoms with Crippen LogP contribution in [-0.4, -0.2) is 23.8 Å². The average Bonchev–Trinajstić information content (AvgIpc) is 2.60. The molecule has 2 amide bonds. The molecule has 1 atom stereocenters. The molecule has 24 heavy (non-hydrogen) atoms. The van der Waals surface area contributed by atoms with E-state index in [0.29, 0.717) is 11.3 Å². The standard InChI is InChI=1S/C18H18N2O4/c1-2-14(18(23)24)19-17(22)13-10-6-7-11-15(13)20-16(21)12-8-4-3-5-9-12/h3-11,14H,2H2,1H3,(H,19,22)(H,20,21)(H,23,24)/p-1. The van der Waals surface area contributed by atoms with E-state index in [1.54, 1.807) is 55.5 Å². The second-order valence-electron chi connectivity index (χ2n) is 5.12. The minimum absolute atomic E-state index is 0.182. The van der Waals surface area contributed by atoms with Crippen molar-refractivity contribution < 1.29 is 19.5 Å². The van der Waals surface area contributed by atoms with Crippen molar-refractivity contribution in [2.75, 3.05) is 5.32 Å². The van der Waals surface area contributed by atoms with Crippen LogP contribution in [0.3, 0.4) is 0 Å². The minimum atomic E-state index is -1.35. The van der Waals surface area contributed by atoms with E-state index in [9.17, 15) is 19.5 Å². The van der Waals surface area contributed by atoms with Gasteiger partial charge in [0, 0.05) is 5.56 Å². The summed E-state index contributed by atoms with van der Waals surface area (Å²) >= 11 is 0. The molecule has 0 bridgehead atoms. The molecule has 2 aromatic rings. The van der Waals surface area contributed by atoms with Crippen LogP contribution in [0.2, 0.25) is 0 Å². The van der Waals surface area contributed by atoms with Crippen molar-refractivity contribution in [2.45, 2.75) is 19.4 Å². The number of carbonyl (C=O) groups is 3. The van der Waals surface area contributed by atoms with Gasteiger partial charge in [0.25, 0.3) is 11.8 Å². The number of anilines is 1. The van der Waals surface area contributed by atoms with Crippen molar-refractivity contribution in [3.8, 4) is 0 Å². The number of hydrogen-bond acceptors (Lipinski definition) is 4. The van der Waals surface area contributed by atoms with E-state index in [1.165, 1.54) is 6.07 Å². The summed E-state index contributed by atoms with van der Waals surface area (Å²) in [5.74, 6) is -2.30. The molecule has 0 saturated heterocycles. The normalized spacial score (nSPS) is 11.4. The fourth-order valence-electron chi connectivity index (χ4n) is 2.14. The summed E-state index contributed by atoms with van der Waals surface area (Å²) in [6.45, 7) is 1.63. The zero-order chi connectivity index (χ0) is 17.5. The number of amides is 2. The number of carbonyl (C=O) groups excluding carboxylic acids is 3. The van der Waals surface area contributed by atoms with E-state index in [4.69, 9.17) is 0 Å². The van der Waals surface area contributed by atoms with Gasteiger partial charge in [0.15, 0.2) is 0 Å². The van der Waals surface area contributed by atoms with Crippen LogP contribution in [-0.2, 0) is 4.79 Å². The van der Waals surface area contributed by atoms with Gasteiger partial charge in [-0.1, -0.05) is 37.3 Å². The number of carboxylic acids is 1. The summed E-state index contributed by atoms with van der Waals surface area (Å²) in [4.78, 5) is 35.5. The zero-order valence-electron chi connectivity index (χ0n) is 13.1. The molecule has 0 heterocycles. The Morgan fingerprint density at radius 2 is 1.58 bits per heavy atom. The maximum atomic E-state index is 12.3. The van der Waals surface area contributed by atoms with Gasteiger partial charge >= 0.3 is 0 Å². The Morgan fingerprint density at radius 1 is 0.958 bits per heavy atom. The number of benzene rings is 2. The fraction of sp³-hybridized carbons (Fsp3) is 0.167. The van der Waals surface area contributed by atoms with Gasteiger partial charge in [-0.15, -0.1) is 0 Å². The molecule has 124 valence electrons. The first-order chi connectivity index (χ1) is 11.5. The van der Waals surface area contributed by atoms with Crippen LogP contribution in [0.4, 0.5) is 5.69 Å². The van der Waals surface area contributed by atoms with E-state index in [1.807, 2.05) is 0 Å². The Morgan fingerprint density at radius 3 is 2.21 bits per heavy atom. The van der Waals surface area contributed by atoms with E-state index >= 15 is 0 Å². The summed E-state index contributed by atoms with van der Waals surface area (Å²) in [7, 11) is 0. The molecule has 0 aromatic heterocycles. The lowest BCUT2D eigenvalue weighted by molar-refractivity contribution is -0.308. The maximum absolute atomic E-state index is 12.3. The molecule has 2 rings (SSSR count). The third kappa shape index (κ3) is 4.19. The molecule has 0 aliphatic rings. The van der Waals surface area contributed by atoms with Crippen LogP contribution in [0.1, 0.15) is 34.1 Å². The van der Waals surface area contributed by atoms with Gasteiger partial charge in [-0.3, -0.25) is 9.59 Å². The number of nitrogens with one attached hydrogen (secondary N) is 2. The molecular formula is C18H17N2O4-. The van der Waals surface area contributed by atoms with Crippen LogP contribution < -0.4 is 15.7 Å². The van der Waals surface area contributed by atoms with Gasteiger partial charge in [0.2, 0.25) is 0 Å². The van der Waals surface area contributed by atoms with Gasteiger partial charge in [-0.2, -0.15) is 0 Å². The average molecular weight is 325 g/mol. The predicted octanol–water partition coefficient (Wildman–Crippen LogP) is 1.20. The van der Waals surface area contributed by atoms with Crippen LogP contribution in [0.25, 0.3) is 0 Å². The van der Waals surface area contributed by atoms with Crippen molar-refractivity contribution in [2.24, 2.45) is 0 Å². The van der Waals surface area contributed by atoms with Crippen LogP contribution in [0.5, 0.6) is 0 Å². The largest absolute Gasteiger partial charge is 0.548 e. The lowest BCUT2D eigenvalue weighted by atomic mass is 10.1. The van der Waals surface area contributed by atoms with Gasteiger partial charge in [0.05, 0.1) is 23.3 Å². The Balaban J connectivity index is 2.19. The summed E-state index contributed by atoms with van der Waals surface area (Å²) in [6, 6.07) is 13.9. The van der Waals surface area contributed by atoms with Crippen molar-refractivity contribution in [1.29, 1.82) is 0 Å². The summed E-state index contributed by atoms with van der Waals surface area (Å²) in [5.41, 5.74) is 0.937. The lowest BCUT2D eigenvalue weighted by Crippen LogP contribution is -2.47. The first-order valence-electron chi connectivity index (χ1n) is 7.50. The Labute approximate surface area is 139 Å². The highest BCUT2D eigenvalue weighted by atomic mass is 16.4. The number of aliphatic carboxylic acids is 1. The number of para-hydroxylation sites is 1. The van der Waals surface area contributed by atoms with Crippen molar-refractivity contribution in [3.05, 3.63) is 65.7 Å². The van der Waals surface area contributed by atoms with Gasteiger partial charge in [0.1, 0.15) is 0 Å². The van der Waals surface area contributed by atoms with Gasteiger partial charge < -0.3 is 20.5 Å². The Kier molecular flexibility index (Phi) is 5.68. The van der Waals surface area contributed by atoms with E-state index < -0.39 is 17.9 Å². The molecule has 1 unspecified atom stereocenters. The first kappa shape index (κ1) is 17.2. The molecule has 2 aromatic carbocycles. The van der Waals surface area contributed by atoms with Crippen molar-refractivity contribution in [3.63, 3.8) is 0 Å². The summed E-state index contributed by atoms with van der Waals surface area (Å²) < 4.78 is 0. The van der Waals surface area contributed by atoms with Crippen LogP contribution in [0.15, 0.2) is 54.6 Å². The van der Waals surface area contributed by atoms with E-state index in [2.05, 4.69) is 10.6 Å². The lowest BCUT2D eigenvalue weighted by Gasteiger charge is -2.19. The predicted molar refractivity (Wildman–Crippen MR) is 87.4 cm³/mol. The monoisotopic (exact) mass is 325 g/mol. The molecule has 0 spiro atoms. The highest BCUT2D eigenvalue weighted by molar-refractivity contribution is 6.09. The molecule has 0 saturated carbocycles. The Hall–Kier alpha value is -3.15. The van der Waals surface area contributed by atoms with Crippen LogP contribution in [0, 0.1) is 0 Å². The quantitative estimate of drug-likeness (QED) is 0.833. The highest BCUT2D eigenvalue weighted by Gasteiger charge is 2.17. The molecule has 0 fully saturated rings. The second kappa shape index (κ2) is 7.92. The molecule has 6 heteroatoms. The second-order valence-corrected chi connectivity index (χ2v) is 5.12. The highest BCUT2D eigenvalue weighted by Crippen LogP contribution is 2.16. The molecule has 2 N–H and O–H groups in total. The van der Waals surface area contributed by atoms with E-state index in [0.717, 1.165) is 0 Å². The smallest absolute Gasteiger partial charge is 0.255 e. The Bertz CT molecular complexity index is 744. The number of hydrogen-bond donors (Lipinski definition) is 2. The summed E-state index contributed by atoms with van der Waals surface area (Å²) in [6.07, 6.45) is 0.201. The van der Waals surface area contributed by atoms with Crippen LogP contribution >= 0.6 is 0 Å². The third-order valence-electron chi connectivity index (χ3n) is 3.45. The first-order valence-corrected chi connectivity index (χ1v) is 7.50. The molecule has 0 aliphatic heterocycles. The maximum Gasteiger partial charge on any atom is 0.255 e. The third-order valence-corrected chi connectivity index (χ3v) is 3.45. The van der Waals surface area contributed by atoms with Gasteiger partial charge in [-0.25, -0.2) is 0 Å². The fourth-order valence-corrected chi connectivity index (χ4v) is 2.14. The molecular weight excluding hydrogens is 308 g/mol. The van der Waals surface area contributed by atoms with E-state index in [-0.39, 0.29) is 17.9 Å². The zero-order valence-corrected chi connectivity index (χ0v) is 13.1. The van der Waals surface area contributed by atoms with Crippen molar-refractivity contribution >= 4 is 23.5 Å².